The van der Waals surface area contributed by atoms with Gasteiger partial charge in [0.2, 0.25) is 0 Å². The highest BCUT2D eigenvalue weighted by Crippen LogP contribution is 2.37. The summed E-state index contributed by atoms with van der Waals surface area (Å²) in [6.07, 6.45) is 5.65. The molecule has 20 heavy (non-hydrogen) atoms. The maximum atomic E-state index is 13.1. The first kappa shape index (κ1) is 13.3. The number of hydrogen-bond acceptors (Lipinski definition) is 1. The van der Waals surface area contributed by atoms with Crippen LogP contribution in [0.4, 0.5) is 19.3 Å². The number of nitrogens with one attached hydrogen (secondary N) is 1. The zero-order valence-corrected chi connectivity index (χ0v) is 11.2. The van der Waals surface area contributed by atoms with Crippen molar-refractivity contribution in [2.45, 2.75) is 38.1 Å². The van der Waals surface area contributed by atoms with E-state index in [2.05, 4.69) is 5.32 Å². The van der Waals surface area contributed by atoms with Gasteiger partial charge in [0.15, 0.2) is 0 Å². The third-order valence-electron chi connectivity index (χ3n) is 4.37. The van der Waals surface area contributed by atoms with Crippen molar-refractivity contribution in [2.24, 2.45) is 5.92 Å². The lowest BCUT2D eigenvalue weighted by Crippen LogP contribution is -2.44. The van der Waals surface area contributed by atoms with Gasteiger partial charge in [0, 0.05) is 24.3 Å². The zero-order chi connectivity index (χ0) is 14.1. The highest BCUT2D eigenvalue weighted by Gasteiger charge is 2.37. The molecule has 1 saturated carbocycles. The summed E-state index contributed by atoms with van der Waals surface area (Å²) in [6.45, 7) is 0.727. The van der Waals surface area contributed by atoms with Crippen LogP contribution in [0.25, 0.3) is 0 Å². The zero-order valence-electron chi connectivity index (χ0n) is 11.2. The first-order valence-corrected chi connectivity index (χ1v) is 7.17. The SMILES string of the molecule is O=C(Nc1cc(F)cc(F)c1)N1CCCC1C1CCC1. The third-order valence-corrected chi connectivity index (χ3v) is 4.37. The van der Waals surface area contributed by atoms with Gasteiger partial charge in [0.1, 0.15) is 11.6 Å². The van der Waals surface area contributed by atoms with Crippen molar-refractivity contribution in [2.75, 3.05) is 11.9 Å². The molecule has 2 fully saturated rings. The van der Waals surface area contributed by atoms with Crippen LogP contribution < -0.4 is 5.32 Å². The van der Waals surface area contributed by atoms with Gasteiger partial charge in [-0.1, -0.05) is 6.42 Å². The minimum Gasteiger partial charge on any atom is -0.321 e. The van der Waals surface area contributed by atoms with Gasteiger partial charge in [0.05, 0.1) is 0 Å². The Kier molecular flexibility index (Phi) is 3.59. The number of amides is 2. The van der Waals surface area contributed by atoms with E-state index < -0.39 is 11.6 Å². The number of hydrogen-bond donors (Lipinski definition) is 1. The molecule has 1 heterocycles. The predicted octanol–water partition coefficient (Wildman–Crippen LogP) is 3.76. The Labute approximate surface area is 117 Å². The van der Waals surface area contributed by atoms with E-state index in [0.29, 0.717) is 12.0 Å². The van der Waals surface area contributed by atoms with Crippen LogP contribution in [0.2, 0.25) is 0 Å². The van der Waals surface area contributed by atoms with E-state index in [1.807, 2.05) is 4.90 Å². The molecule has 0 aromatic heterocycles. The van der Waals surface area contributed by atoms with Crippen LogP contribution in [-0.2, 0) is 0 Å². The summed E-state index contributed by atoms with van der Waals surface area (Å²) in [5, 5.41) is 2.61. The fraction of sp³-hybridized carbons (Fsp3) is 0.533. The second kappa shape index (κ2) is 5.38. The van der Waals surface area contributed by atoms with E-state index in [9.17, 15) is 13.6 Å². The van der Waals surface area contributed by atoms with Crippen molar-refractivity contribution >= 4 is 11.7 Å². The van der Waals surface area contributed by atoms with Crippen molar-refractivity contribution in [3.63, 3.8) is 0 Å². The van der Waals surface area contributed by atoms with Gasteiger partial charge in [-0.05, 0) is 43.7 Å². The molecule has 1 unspecified atom stereocenters. The molecule has 1 N–H and O–H groups in total. The van der Waals surface area contributed by atoms with Gasteiger partial charge in [-0.2, -0.15) is 0 Å². The molecule has 1 aliphatic heterocycles. The average molecular weight is 280 g/mol. The smallest absolute Gasteiger partial charge is 0.321 e. The Morgan fingerprint density at radius 3 is 2.40 bits per heavy atom. The largest absolute Gasteiger partial charge is 0.322 e. The number of urea groups is 1. The number of likely N-dealkylation sites (tertiary alicyclic amines) is 1. The molecular weight excluding hydrogens is 262 g/mol. The number of nitrogens with zero attached hydrogens (tertiary/aromatic N) is 1. The predicted molar refractivity (Wildman–Crippen MR) is 72.4 cm³/mol. The van der Waals surface area contributed by atoms with E-state index in [-0.39, 0.29) is 11.7 Å². The third kappa shape index (κ3) is 2.62. The lowest BCUT2D eigenvalue weighted by atomic mass is 9.79. The lowest BCUT2D eigenvalue weighted by molar-refractivity contribution is 0.148. The summed E-state index contributed by atoms with van der Waals surface area (Å²) < 4.78 is 26.2. The van der Waals surface area contributed by atoms with Gasteiger partial charge in [-0.3, -0.25) is 0 Å². The molecule has 0 bridgehead atoms. The summed E-state index contributed by atoms with van der Waals surface area (Å²) in [6, 6.07) is 3.11. The minimum absolute atomic E-state index is 0.173. The molecule has 1 atom stereocenters. The molecule has 1 aliphatic carbocycles. The van der Waals surface area contributed by atoms with Gasteiger partial charge in [-0.15, -0.1) is 0 Å². The molecule has 3 rings (SSSR count). The minimum atomic E-state index is -0.683. The molecule has 2 aliphatic rings. The molecule has 2 amide bonds. The monoisotopic (exact) mass is 280 g/mol. The van der Waals surface area contributed by atoms with Crippen LogP contribution in [0, 0.1) is 17.6 Å². The highest BCUT2D eigenvalue weighted by atomic mass is 19.1. The topological polar surface area (TPSA) is 32.3 Å². The van der Waals surface area contributed by atoms with Crippen LogP contribution in [0.3, 0.4) is 0 Å². The van der Waals surface area contributed by atoms with Crippen LogP contribution in [0.5, 0.6) is 0 Å². The summed E-state index contributed by atoms with van der Waals surface area (Å²) in [7, 11) is 0. The second-order valence-corrected chi connectivity index (χ2v) is 5.68. The van der Waals surface area contributed by atoms with Crippen LogP contribution >= 0.6 is 0 Å². The molecule has 3 nitrogen and oxygen atoms in total. The molecule has 5 heteroatoms. The van der Waals surface area contributed by atoms with Crippen molar-refractivity contribution in [1.29, 1.82) is 0 Å². The Balaban J connectivity index is 1.68. The molecule has 1 saturated heterocycles. The van der Waals surface area contributed by atoms with E-state index in [1.54, 1.807) is 0 Å². The number of carbonyl (C=O) groups excluding carboxylic acids is 1. The van der Waals surface area contributed by atoms with Crippen LogP contribution in [0.1, 0.15) is 32.1 Å². The molecule has 0 radical (unpaired) electrons. The summed E-state index contributed by atoms with van der Waals surface area (Å²) >= 11 is 0. The molecule has 108 valence electrons. The van der Waals surface area contributed by atoms with E-state index in [1.165, 1.54) is 19.3 Å². The number of halogens is 2. The van der Waals surface area contributed by atoms with Crippen LogP contribution in [0.15, 0.2) is 18.2 Å². The number of rotatable bonds is 2. The van der Waals surface area contributed by atoms with Crippen molar-refractivity contribution in [1.82, 2.24) is 4.90 Å². The molecule has 1 aromatic carbocycles. The summed E-state index contributed by atoms with van der Waals surface area (Å²) in [5.74, 6) is -0.762. The maximum Gasteiger partial charge on any atom is 0.322 e. The number of benzene rings is 1. The number of carbonyl (C=O) groups is 1. The molecule has 1 aromatic rings. The lowest BCUT2D eigenvalue weighted by Gasteiger charge is -2.36. The van der Waals surface area contributed by atoms with Crippen molar-refractivity contribution in [3.05, 3.63) is 29.8 Å². The summed E-state index contributed by atoms with van der Waals surface area (Å²) in [5.41, 5.74) is 0.173. The number of anilines is 1. The Morgan fingerprint density at radius 1 is 1.10 bits per heavy atom. The van der Waals surface area contributed by atoms with Gasteiger partial charge in [-0.25, -0.2) is 13.6 Å². The maximum absolute atomic E-state index is 13.1. The van der Waals surface area contributed by atoms with Gasteiger partial charge >= 0.3 is 6.03 Å². The average Bonchev–Trinajstić information content (AvgIpc) is 2.73. The quantitative estimate of drug-likeness (QED) is 0.879. The molecular formula is C15H18F2N2O. The van der Waals surface area contributed by atoms with Crippen molar-refractivity contribution in [3.8, 4) is 0 Å². The van der Waals surface area contributed by atoms with Gasteiger partial charge < -0.3 is 10.2 Å². The Bertz CT molecular complexity index is 496. The molecule has 0 spiro atoms. The van der Waals surface area contributed by atoms with E-state index in [4.69, 9.17) is 0 Å². The highest BCUT2D eigenvalue weighted by molar-refractivity contribution is 5.89. The fourth-order valence-electron chi connectivity index (χ4n) is 3.18. The van der Waals surface area contributed by atoms with Crippen LogP contribution in [-0.4, -0.2) is 23.5 Å². The second-order valence-electron chi connectivity index (χ2n) is 5.68. The first-order valence-electron chi connectivity index (χ1n) is 7.17. The fourth-order valence-corrected chi connectivity index (χ4v) is 3.18. The Morgan fingerprint density at radius 2 is 1.80 bits per heavy atom. The normalized spacial score (nSPS) is 22.7. The Hall–Kier alpha value is -1.65. The van der Waals surface area contributed by atoms with E-state index >= 15 is 0 Å². The van der Waals surface area contributed by atoms with E-state index in [0.717, 1.165) is 37.6 Å². The van der Waals surface area contributed by atoms with Crippen molar-refractivity contribution < 1.29 is 13.6 Å². The standard InChI is InChI=1S/C15H18F2N2O/c16-11-7-12(17)9-13(8-11)18-15(20)19-6-2-5-14(19)10-3-1-4-10/h7-10,14H,1-6H2,(H,18,20). The van der Waals surface area contributed by atoms with Gasteiger partial charge in [0.25, 0.3) is 0 Å². The first-order chi connectivity index (χ1) is 9.63. The summed E-state index contributed by atoms with van der Waals surface area (Å²) in [4.78, 5) is 14.1.